The fraction of sp³-hybridized carbons (Fsp3) is 0.917. The highest BCUT2D eigenvalue weighted by molar-refractivity contribution is 5.78. The van der Waals surface area contributed by atoms with E-state index in [1.165, 1.54) is 0 Å². The number of hydrogen-bond acceptors (Lipinski definition) is 4. The molecule has 0 saturated carbocycles. The SMILES string of the molecule is CNC(C)(CN(C)C1CCN(C)CC1)C(=O)O. The zero-order chi connectivity index (χ0) is 13.1. The maximum atomic E-state index is 11.2. The summed E-state index contributed by atoms with van der Waals surface area (Å²) >= 11 is 0. The third-order valence-electron chi connectivity index (χ3n) is 3.90. The van der Waals surface area contributed by atoms with Crippen molar-refractivity contribution in [3.05, 3.63) is 0 Å². The average molecular weight is 243 g/mol. The molecule has 0 aromatic carbocycles. The first kappa shape index (κ1) is 14.4. The van der Waals surface area contributed by atoms with Crippen LogP contribution in [0.4, 0.5) is 0 Å². The van der Waals surface area contributed by atoms with Crippen molar-refractivity contribution in [2.24, 2.45) is 0 Å². The fourth-order valence-corrected chi connectivity index (χ4v) is 2.32. The Bertz CT molecular complexity index is 264. The lowest BCUT2D eigenvalue weighted by Gasteiger charge is -2.38. The van der Waals surface area contributed by atoms with E-state index in [4.69, 9.17) is 0 Å². The Morgan fingerprint density at radius 1 is 1.53 bits per heavy atom. The van der Waals surface area contributed by atoms with E-state index in [9.17, 15) is 9.90 Å². The second-order valence-corrected chi connectivity index (χ2v) is 5.34. The summed E-state index contributed by atoms with van der Waals surface area (Å²) in [5.41, 5.74) is -0.863. The highest BCUT2D eigenvalue weighted by Crippen LogP contribution is 2.16. The second kappa shape index (κ2) is 5.80. The normalized spacial score (nSPS) is 22.6. The molecule has 17 heavy (non-hydrogen) atoms. The molecule has 2 N–H and O–H groups in total. The number of carbonyl (C=O) groups is 1. The standard InChI is InChI=1S/C12H25N3O2/c1-12(13-2,11(16)17)9-15(4)10-5-7-14(3)8-6-10/h10,13H,5-9H2,1-4H3,(H,16,17). The molecule has 0 radical (unpaired) electrons. The van der Waals surface area contributed by atoms with Crippen LogP contribution < -0.4 is 5.32 Å². The first-order valence-electron chi connectivity index (χ1n) is 6.20. The summed E-state index contributed by atoms with van der Waals surface area (Å²) in [5, 5.41) is 12.1. The Morgan fingerprint density at radius 2 is 2.06 bits per heavy atom. The smallest absolute Gasteiger partial charge is 0.324 e. The van der Waals surface area contributed by atoms with Gasteiger partial charge in [-0.2, -0.15) is 0 Å². The minimum Gasteiger partial charge on any atom is -0.480 e. The molecule has 100 valence electrons. The molecule has 5 heteroatoms. The minimum atomic E-state index is -0.863. The number of likely N-dealkylation sites (N-methyl/N-ethyl adjacent to an activating group) is 2. The molecule has 1 fully saturated rings. The summed E-state index contributed by atoms with van der Waals surface area (Å²) in [5.74, 6) is -0.792. The van der Waals surface area contributed by atoms with Gasteiger partial charge in [0.25, 0.3) is 0 Å². The summed E-state index contributed by atoms with van der Waals surface area (Å²) in [7, 11) is 5.86. The summed E-state index contributed by atoms with van der Waals surface area (Å²) in [4.78, 5) is 15.7. The van der Waals surface area contributed by atoms with Gasteiger partial charge in [0.2, 0.25) is 0 Å². The van der Waals surface area contributed by atoms with Crippen LogP contribution in [0.1, 0.15) is 19.8 Å². The molecule has 0 spiro atoms. The maximum Gasteiger partial charge on any atom is 0.324 e. The van der Waals surface area contributed by atoms with Gasteiger partial charge in [0.15, 0.2) is 0 Å². The number of nitrogens with zero attached hydrogens (tertiary/aromatic N) is 2. The summed E-state index contributed by atoms with van der Waals surface area (Å²) in [6.45, 7) is 4.46. The highest BCUT2D eigenvalue weighted by atomic mass is 16.4. The lowest BCUT2D eigenvalue weighted by molar-refractivity contribution is -0.145. The number of rotatable bonds is 5. The number of carboxylic acids is 1. The van der Waals surface area contributed by atoms with Gasteiger partial charge in [-0.25, -0.2) is 0 Å². The van der Waals surface area contributed by atoms with Gasteiger partial charge < -0.3 is 20.2 Å². The van der Waals surface area contributed by atoms with E-state index in [0.29, 0.717) is 12.6 Å². The Morgan fingerprint density at radius 3 is 2.47 bits per heavy atom. The van der Waals surface area contributed by atoms with Crippen molar-refractivity contribution in [3.63, 3.8) is 0 Å². The van der Waals surface area contributed by atoms with E-state index in [2.05, 4.69) is 22.2 Å². The van der Waals surface area contributed by atoms with Crippen molar-refractivity contribution in [1.82, 2.24) is 15.1 Å². The molecular formula is C12H25N3O2. The largest absolute Gasteiger partial charge is 0.480 e. The van der Waals surface area contributed by atoms with Gasteiger partial charge in [0.05, 0.1) is 0 Å². The van der Waals surface area contributed by atoms with Crippen molar-refractivity contribution in [2.45, 2.75) is 31.3 Å². The Labute approximate surface area is 104 Å². The number of aliphatic carboxylic acids is 1. The second-order valence-electron chi connectivity index (χ2n) is 5.34. The van der Waals surface area contributed by atoms with Gasteiger partial charge in [-0.1, -0.05) is 0 Å². The van der Waals surface area contributed by atoms with Gasteiger partial charge >= 0.3 is 5.97 Å². The number of nitrogens with one attached hydrogen (secondary N) is 1. The molecule has 5 nitrogen and oxygen atoms in total. The molecule has 0 bridgehead atoms. The molecule has 0 amide bonds. The van der Waals surface area contributed by atoms with E-state index in [1.807, 2.05) is 7.05 Å². The van der Waals surface area contributed by atoms with Crippen molar-refractivity contribution >= 4 is 5.97 Å². The van der Waals surface area contributed by atoms with Gasteiger partial charge in [0.1, 0.15) is 5.54 Å². The summed E-state index contributed by atoms with van der Waals surface area (Å²) in [6.07, 6.45) is 2.23. The number of likely N-dealkylation sites (tertiary alicyclic amines) is 1. The zero-order valence-corrected chi connectivity index (χ0v) is 11.4. The van der Waals surface area contributed by atoms with E-state index in [1.54, 1.807) is 14.0 Å². The maximum absolute atomic E-state index is 11.2. The molecule has 0 aliphatic carbocycles. The van der Waals surface area contributed by atoms with Crippen LogP contribution in [0, 0.1) is 0 Å². The Kier molecular flexibility index (Phi) is 4.91. The number of piperidine rings is 1. The average Bonchev–Trinajstić information content (AvgIpc) is 2.29. The first-order valence-corrected chi connectivity index (χ1v) is 6.20. The molecular weight excluding hydrogens is 218 g/mol. The summed E-state index contributed by atoms with van der Waals surface area (Å²) < 4.78 is 0. The molecule has 0 aromatic heterocycles. The van der Waals surface area contributed by atoms with Crippen LogP contribution in [-0.4, -0.2) is 73.2 Å². The molecule has 1 unspecified atom stereocenters. The van der Waals surface area contributed by atoms with E-state index < -0.39 is 11.5 Å². The van der Waals surface area contributed by atoms with Crippen LogP contribution >= 0.6 is 0 Å². The molecule has 1 saturated heterocycles. The molecule has 0 aromatic rings. The van der Waals surface area contributed by atoms with Crippen LogP contribution in [0.15, 0.2) is 0 Å². The van der Waals surface area contributed by atoms with Crippen LogP contribution in [0.5, 0.6) is 0 Å². The van der Waals surface area contributed by atoms with Crippen molar-refractivity contribution < 1.29 is 9.90 Å². The third kappa shape index (κ3) is 3.66. The van der Waals surface area contributed by atoms with Crippen LogP contribution in [0.2, 0.25) is 0 Å². The van der Waals surface area contributed by atoms with Crippen molar-refractivity contribution in [2.75, 3.05) is 40.8 Å². The van der Waals surface area contributed by atoms with E-state index >= 15 is 0 Å². The molecule has 1 atom stereocenters. The van der Waals surface area contributed by atoms with Crippen LogP contribution in [-0.2, 0) is 4.79 Å². The van der Waals surface area contributed by atoms with Crippen LogP contribution in [0.3, 0.4) is 0 Å². The van der Waals surface area contributed by atoms with Gasteiger partial charge in [-0.05, 0) is 54.0 Å². The molecule has 1 aliphatic rings. The lowest BCUT2D eigenvalue weighted by Crippen LogP contribution is -2.57. The predicted molar refractivity (Wildman–Crippen MR) is 68.2 cm³/mol. The number of carboxylic acid groups (broad SMARTS) is 1. The quantitative estimate of drug-likeness (QED) is 0.716. The molecule has 1 rings (SSSR count). The fourth-order valence-electron chi connectivity index (χ4n) is 2.32. The van der Waals surface area contributed by atoms with E-state index in [-0.39, 0.29) is 0 Å². The van der Waals surface area contributed by atoms with Crippen molar-refractivity contribution in [3.8, 4) is 0 Å². The molecule has 1 aliphatic heterocycles. The van der Waals surface area contributed by atoms with Crippen molar-refractivity contribution in [1.29, 1.82) is 0 Å². The van der Waals surface area contributed by atoms with Gasteiger partial charge in [-0.15, -0.1) is 0 Å². The van der Waals surface area contributed by atoms with E-state index in [0.717, 1.165) is 25.9 Å². The topological polar surface area (TPSA) is 55.8 Å². The third-order valence-corrected chi connectivity index (χ3v) is 3.90. The summed E-state index contributed by atoms with van der Waals surface area (Å²) in [6, 6.07) is 0.498. The van der Waals surface area contributed by atoms with Crippen LogP contribution in [0.25, 0.3) is 0 Å². The monoisotopic (exact) mass is 243 g/mol. The van der Waals surface area contributed by atoms with Gasteiger partial charge in [0, 0.05) is 12.6 Å². The first-order chi connectivity index (χ1) is 7.89. The number of hydrogen-bond donors (Lipinski definition) is 2. The Balaban J connectivity index is 2.53. The van der Waals surface area contributed by atoms with Gasteiger partial charge in [-0.3, -0.25) is 4.79 Å². The lowest BCUT2D eigenvalue weighted by atomic mass is 9.98. The molecule has 1 heterocycles. The predicted octanol–water partition coefficient (Wildman–Crippen LogP) is 0.0751. The Hall–Kier alpha value is -0.650. The zero-order valence-electron chi connectivity index (χ0n) is 11.4. The highest BCUT2D eigenvalue weighted by Gasteiger charge is 2.34. The minimum absolute atomic E-state index is 0.498.